The summed E-state index contributed by atoms with van der Waals surface area (Å²) in [6, 6.07) is 0.294. The second-order valence-electron chi connectivity index (χ2n) is 5.59. The Morgan fingerprint density at radius 2 is 1.75 bits per heavy atom. The normalized spacial score (nSPS) is 12.7. The van der Waals surface area contributed by atoms with Crippen molar-refractivity contribution in [2.24, 2.45) is 5.73 Å². The van der Waals surface area contributed by atoms with Crippen LogP contribution >= 0.6 is 0 Å². The van der Waals surface area contributed by atoms with E-state index in [9.17, 15) is 4.79 Å². The van der Waals surface area contributed by atoms with E-state index in [1.165, 1.54) is 0 Å². The maximum atomic E-state index is 11.7. The molecule has 1 unspecified atom stereocenters. The Hall–Kier alpha value is -0.610. The van der Waals surface area contributed by atoms with Gasteiger partial charge in [-0.2, -0.15) is 0 Å². The molecule has 0 aliphatic heterocycles. The molecule has 0 saturated heterocycles. The summed E-state index contributed by atoms with van der Waals surface area (Å²) in [6.07, 6.45) is 7.19. The summed E-state index contributed by atoms with van der Waals surface area (Å²) in [5, 5.41) is 3.10. The molecule has 20 heavy (non-hydrogen) atoms. The standard InChI is InChI=1S/C16H35N3O/c1-4-19(5-2)14-10-11-15(3)18-16(20)12-8-6-7-9-13-17/h15H,4-14,17H2,1-3H3,(H,18,20). The van der Waals surface area contributed by atoms with Gasteiger partial charge in [0.1, 0.15) is 0 Å². The first-order chi connectivity index (χ1) is 9.63. The van der Waals surface area contributed by atoms with Crippen molar-refractivity contribution in [2.45, 2.75) is 71.8 Å². The van der Waals surface area contributed by atoms with Crippen LogP contribution in [0.1, 0.15) is 65.7 Å². The van der Waals surface area contributed by atoms with Gasteiger partial charge in [-0.15, -0.1) is 0 Å². The Kier molecular flexibility index (Phi) is 13.0. The number of nitrogens with zero attached hydrogens (tertiary/aromatic N) is 1. The molecule has 4 heteroatoms. The van der Waals surface area contributed by atoms with E-state index in [4.69, 9.17) is 5.73 Å². The first-order valence-corrected chi connectivity index (χ1v) is 8.35. The van der Waals surface area contributed by atoms with Crippen LogP contribution in [0.3, 0.4) is 0 Å². The molecule has 0 bridgehead atoms. The largest absolute Gasteiger partial charge is 0.354 e. The molecule has 0 aromatic rings. The lowest BCUT2D eigenvalue weighted by atomic mass is 10.1. The predicted octanol–water partition coefficient (Wildman–Crippen LogP) is 2.52. The first kappa shape index (κ1) is 19.4. The van der Waals surface area contributed by atoms with E-state index in [-0.39, 0.29) is 5.91 Å². The van der Waals surface area contributed by atoms with Crippen molar-refractivity contribution in [1.82, 2.24) is 10.2 Å². The number of unbranched alkanes of at least 4 members (excludes halogenated alkanes) is 3. The van der Waals surface area contributed by atoms with E-state index < -0.39 is 0 Å². The summed E-state index contributed by atoms with van der Waals surface area (Å²) in [4.78, 5) is 14.2. The summed E-state index contributed by atoms with van der Waals surface area (Å²) in [5.41, 5.74) is 5.44. The molecule has 0 aliphatic rings. The van der Waals surface area contributed by atoms with E-state index in [2.05, 4.69) is 31.0 Å². The van der Waals surface area contributed by atoms with Crippen molar-refractivity contribution < 1.29 is 4.79 Å². The molecule has 1 atom stereocenters. The summed E-state index contributed by atoms with van der Waals surface area (Å²) in [7, 11) is 0. The number of nitrogens with two attached hydrogens (primary N) is 1. The quantitative estimate of drug-likeness (QED) is 0.511. The number of hydrogen-bond donors (Lipinski definition) is 2. The van der Waals surface area contributed by atoms with Gasteiger partial charge in [-0.05, 0) is 58.8 Å². The van der Waals surface area contributed by atoms with Crippen LogP contribution in [0.15, 0.2) is 0 Å². The van der Waals surface area contributed by atoms with Crippen LogP contribution in [-0.2, 0) is 4.79 Å². The molecule has 0 aromatic heterocycles. The Labute approximate surface area is 125 Å². The minimum Gasteiger partial charge on any atom is -0.354 e. The average Bonchev–Trinajstić information content (AvgIpc) is 2.43. The molecule has 4 nitrogen and oxygen atoms in total. The van der Waals surface area contributed by atoms with Crippen molar-refractivity contribution in [3.63, 3.8) is 0 Å². The van der Waals surface area contributed by atoms with E-state index >= 15 is 0 Å². The second kappa shape index (κ2) is 13.4. The number of carbonyl (C=O) groups excluding carboxylic acids is 1. The zero-order chi connectivity index (χ0) is 15.2. The SMILES string of the molecule is CCN(CC)CCCC(C)NC(=O)CCCCCCN. The molecule has 1 amide bonds. The average molecular weight is 285 g/mol. The van der Waals surface area contributed by atoms with Gasteiger partial charge in [-0.25, -0.2) is 0 Å². The summed E-state index contributed by atoms with van der Waals surface area (Å²) >= 11 is 0. The van der Waals surface area contributed by atoms with Crippen LogP contribution in [0.2, 0.25) is 0 Å². The van der Waals surface area contributed by atoms with Crippen LogP contribution in [0.5, 0.6) is 0 Å². The fourth-order valence-corrected chi connectivity index (χ4v) is 2.36. The Bertz CT molecular complexity index is 230. The molecule has 0 radical (unpaired) electrons. The zero-order valence-corrected chi connectivity index (χ0v) is 13.8. The predicted molar refractivity (Wildman–Crippen MR) is 86.8 cm³/mol. The third-order valence-electron chi connectivity index (χ3n) is 3.77. The lowest BCUT2D eigenvalue weighted by Crippen LogP contribution is -2.33. The van der Waals surface area contributed by atoms with Gasteiger partial charge in [0.25, 0.3) is 0 Å². The molecular formula is C16H35N3O. The molecule has 0 spiro atoms. The fraction of sp³-hybridized carbons (Fsp3) is 0.938. The van der Waals surface area contributed by atoms with E-state index in [1.54, 1.807) is 0 Å². The third-order valence-corrected chi connectivity index (χ3v) is 3.77. The molecular weight excluding hydrogens is 250 g/mol. The molecule has 0 aliphatic carbocycles. The van der Waals surface area contributed by atoms with E-state index in [1.807, 2.05) is 0 Å². The van der Waals surface area contributed by atoms with Crippen LogP contribution in [0.25, 0.3) is 0 Å². The van der Waals surface area contributed by atoms with Crippen LogP contribution in [0, 0.1) is 0 Å². The minimum absolute atomic E-state index is 0.202. The number of hydrogen-bond acceptors (Lipinski definition) is 3. The highest BCUT2D eigenvalue weighted by atomic mass is 16.1. The van der Waals surface area contributed by atoms with Crippen molar-refractivity contribution >= 4 is 5.91 Å². The van der Waals surface area contributed by atoms with Gasteiger partial charge in [-0.1, -0.05) is 26.7 Å². The lowest BCUT2D eigenvalue weighted by molar-refractivity contribution is -0.121. The van der Waals surface area contributed by atoms with Crippen molar-refractivity contribution in [2.75, 3.05) is 26.2 Å². The van der Waals surface area contributed by atoms with Gasteiger partial charge in [0.2, 0.25) is 5.91 Å². The fourth-order valence-electron chi connectivity index (χ4n) is 2.36. The van der Waals surface area contributed by atoms with Crippen molar-refractivity contribution in [3.8, 4) is 0 Å². The highest BCUT2D eigenvalue weighted by Crippen LogP contribution is 2.04. The van der Waals surface area contributed by atoms with Gasteiger partial charge in [0, 0.05) is 12.5 Å². The third kappa shape index (κ3) is 11.2. The molecule has 0 rings (SSSR count). The highest BCUT2D eigenvalue weighted by molar-refractivity contribution is 5.76. The summed E-state index contributed by atoms with van der Waals surface area (Å²) < 4.78 is 0. The van der Waals surface area contributed by atoms with Gasteiger partial charge < -0.3 is 16.0 Å². The number of rotatable bonds is 13. The van der Waals surface area contributed by atoms with Crippen LogP contribution in [-0.4, -0.2) is 43.0 Å². The number of nitrogens with one attached hydrogen (secondary N) is 1. The van der Waals surface area contributed by atoms with Crippen molar-refractivity contribution in [1.29, 1.82) is 0 Å². The molecule has 120 valence electrons. The Morgan fingerprint density at radius 3 is 2.35 bits per heavy atom. The van der Waals surface area contributed by atoms with Gasteiger partial charge in [0.15, 0.2) is 0 Å². The monoisotopic (exact) mass is 285 g/mol. The lowest BCUT2D eigenvalue weighted by Gasteiger charge is -2.19. The molecule has 0 fully saturated rings. The maximum Gasteiger partial charge on any atom is 0.220 e. The van der Waals surface area contributed by atoms with Gasteiger partial charge in [0.05, 0.1) is 0 Å². The van der Waals surface area contributed by atoms with Crippen molar-refractivity contribution in [3.05, 3.63) is 0 Å². The second-order valence-corrected chi connectivity index (χ2v) is 5.59. The minimum atomic E-state index is 0.202. The maximum absolute atomic E-state index is 11.7. The van der Waals surface area contributed by atoms with Crippen LogP contribution in [0.4, 0.5) is 0 Å². The first-order valence-electron chi connectivity index (χ1n) is 8.35. The molecule has 0 aromatic carbocycles. The Balaban J connectivity index is 3.54. The van der Waals surface area contributed by atoms with Crippen LogP contribution < -0.4 is 11.1 Å². The molecule has 0 saturated carbocycles. The number of carbonyl (C=O) groups is 1. The molecule has 3 N–H and O–H groups in total. The Morgan fingerprint density at radius 1 is 1.10 bits per heavy atom. The zero-order valence-electron chi connectivity index (χ0n) is 13.8. The molecule has 0 heterocycles. The van der Waals surface area contributed by atoms with Gasteiger partial charge in [-0.3, -0.25) is 4.79 Å². The van der Waals surface area contributed by atoms with Gasteiger partial charge >= 0.3 is 0 Å². The van der Waals surface area contributed by atoms with E-state index in [0.717, 1.165) is 64.7 Å². The smallest absolute Gasteiger partial charge is 0.220 e. The number of amides is 1. The topological polar surface area (TPSA) is 58.4 Å². The summed E-state index contributed by atoms with van der Waals surface area (Å²) in [5.74, 6) is 0.202. The summed E-state index contributed by atoms with van der Waals surface area (Å²) in [6.45, 7) is 10.6. The van der Waals surface area contributed by atoms with E-state index in [0.29, 0.717) is 12.5 Å². The highest BCUT2D eigenvalue weighted by Gasteiger charge is 2.07.